The highest BCUT2D eigenvalue weighted by Gasteiger charge is 2.23. The molecule has 1 N–H and O–H groups in total. The molecule has 0 saturated carbocycles. The molecule has 0 unspecified atom stereocenters. The largest absolute Gasteiger partial charge is 0.423 e. The fourth-order valence-electron chi connectivity index (χ4n) is 0.789. The van der Waals surface area contributed by atoms with Crippen LogP contribution in [0.1, 0.15) is 6.92 Å². The molecule has 0 aliphatic carbocycles. The van der Waals surface area contributed by atoms with E-state index in [1.165, 1.54) is 0 Å². The van der Waals surface area contributed by atoms with E-state index >= 15 is 0 Å². The summed E-state index contributed by atoms with van der Waals surface area (Å²) in [6.07, 6.45) is 0. The first kappa shape index (κ1) is 7.02. The maximum absolute atomic E-state index is 10.7. The van der Waals surface area contributed by atoms with Crippen LogP contribution in [0.5, 0.6) is 0 Å². The number of aliphatic hydroxyl groups excluding tert-OH is 1. The topological polar surface area (TPSA) is 46.5 Å². The van der Waals surface area contributed by atoms with E-state index in [9.17, 15) is 4.79 Å². The third-order valence-corrected chi connectivity index (χ3v) is 1.47. The lowest BCUT2D eigenvalue weighted by molar-refractivity contribution is -0.133. The quantitative estimate of drug-likeness (QED) is 0.535. The molecule has 0 fully saturated rings. The van der Waals surface area contributed by atoms with Gasteiger partial charge in [-0.3, -0.25) is 0 Å². The Labute approximate surface area is 58.6 Å². The fourth-order valence-corrected chi connectivity index (χ4v) is 0.789. The SMILES string of the molecule is C=C1OC(=O)C(C)=C1CO. The summed E-state index contributed by atoms with van der Waals surface area (Å²) < 4.78 is 4.61. The number of hydrogen-bond acceptors (Lipinski definition) is 3. The van der Waals surface area contributed by atoms with Crippen molar-refractivity contribution >= 4 is 5.97 Å². The lowest BCUT2D eigenvalue weighted by Gasteiger charge is -1.94. The second-order valence-corrected chi connectivity index (χ2v) is 2.07. The van der Waals surface area contributed by atoms with Crippen molar-refractivity contribution in [2.24, 2.45) is 0 Å². The monoisotopic (exact) mass is 140 g/mol. The first-order valence-electron chi connectivity index (χ1n) is 2.89. The maximum Gasteiger partial charge on any atom is 0.339 e. The highest BCUT2D eigenvalue weighted by Crippen LogP contribution is 2.23. The van der Waals surface area contributed by atoms with Gasteiger partial charge in [0.15, 0.2) is 0 Å². The Morgan fingerprint density at radius 3 is 2.50 bits per heavy atom. The molecule has 3 heteroatoms. The molecule has 0 spiro atoms. The van der Waals surface area contributed by atoms with E-state index in [2.05, 4.69) is 11.3 Å². The smallest absolute Gasteiger partial charge is 0.339 e. The van der Waals surface area contributed by atoms with Gasteiger partial charge in [-0.15, -0.1) is 0 Å². The van der Waals surface area contributed by atoms with Crippen molar-refractivity contribution in [1.82, 2.24) is 0 Å². The van der Waals surface area contributed by atoms with Crippen molar-refractivity contribution in [2.45, 2.75) is 6.92 Å². The average molecular weight is 140 g/mol. The van der Waals surface area contributed by atoms with Crippen LogP contribution in [0.4, 0.5) is 0 Å². The van der Waals surface area contributed by atoms with Crippen molar-refractivity contribution in [1.29, 1.82) is 0 Å². The predicted molar refractivity (Wildman–Crippen MR) is 35.0 cm³/mol. The second-order valence-electron chi connectivity index (χ2n) is 2.07. The minimum atomic E-state index is -0.408. The summed E-state index contributed by atoms with van der Waals surface area (Å²) in [4.78, 5) is 10.7. The predicted octanol–water partition coefficient (Wildman–Crippen LogP) is 0.366. The van der Waals surface area contributed by atoms with E-state index < -0.39 is 5.97 Å². The Morgan fingerprint density at radius 2 is 2.30 bits per heavy atom. The zero-order chi connectivity index (χ0) is 7.72. The zero-order valence-electron chi connectivity index (χ0n) is 5.68. The fraction of sp³-hybridized carbons (Fsp3) is 0.286. The molecule has 0 aromatic rings. The number of carbonyl (C=O) groups is 1. The Balaban J connectivity index is 3.01. The molecule has 1 rings (SSSR count). The van der Waals surface area contributed by atoms with Crippen LogP contribution in [0.25, 0.3) is 0 Å². The van der Waals surface area contributed by atoms with Crippen molar-refractivity contribution in [3.05, 3.63) is 23.5 Å². The average Bonchev–Trinajstić information content (AvgIpc) is 2.09. The van der Waals surface area contributed by atoms with E-state index in [1.807, 2.05) is 0 Å². The van der Waals surface area contributed by atoms with Gasteiger partial charge in [0.1, 0.15) is 5.76 Å². The van der Waals surface area contributed by atoms with Gasteiger partial charge >= 0.3 is 5.97 Å². The van der Waals surface area contributed by atoms with Crippen LogP contribution in [0.15, 0.2) is 23.5 Å². The molecule has 54 valence electrons. The number of cyclic esters (lactones) is 1. The summed E-state index contributed by atoms with van der Waals surface area (Å²) >= 11 is 0. The van der Waals surface area contributed by atoms with Crippen LogP contribution < -0.4 is 0 Å². The van der Waals surface area contributed by atoms with Gasteiger partial charge in [-0.1, -0.05) is 6.58 Å². The van der Waals surface area contributed by atoms with Crippen LogP contribution >= 0.6 is 0 Å². The van der Waals surface area contributed by atoms with E-state index in [1.54, 1.807) is 6.92 Å². The van der Waals surface area contributed by atoms with Gasteiger partial charge in [-0.2, -0.15) is 0 Å². The van der Waals surface area contributed by atoms with E-state index in [0.717, 1.165) is 0 Å². The highest BCUT2D eigenvalue weighted by molar-refractivity contribution is 5.93. The number of rotatable bonds is 1. The minimum absolute atomic E-state index is 0.184. The van der Waals surface area contributed by atoms with Crippen LogP contribution in [0.3, 0.4) is 0 Å². The minimum Gasteiger partial charge on any atom is -0.423 e. The van der Waals surface area contributed by atoms with Gasteiger partial charge in [0.25, 0.3) is 0 Å². The lowest BCUT2D eigenvalue weighted by atomic mass is 10.1. The third kappa shape index (κ3) is 0.844. The number of esters is 1. The number of carbonyl (C=O) groups excluding carboxylic acids is 1. The molecule has 0 bridgehead atoms. The van der Waals surface area contributed by atoms with Crippen molar-refractivity contribution in [2.75, 3.05) is 6.61 Å². The molecule has 1 aliphatic heterocycles. The molecular weight excluding hydrogens is 132 g/mol. The first-order chi connectivity index (χ1) is 4.66. The Hall–Kier alpha value is -1.09. The molecule has 0 amide bonds. The molecule has 3 nitrogen and oxygen atoms in total. The second kappa shape index (κ2) is 2.27. The van der Waals surface area contributed by atoms with Crippen molar-refractivity contribution in [3.63, 3.8) is 0 Å². The molecule has 0 atom stereocenters. The Kier molecular flexibility index (Phi) is 1.59. The zero-order valence-corrected chi connectivity index (χ0v) is 5.68. The number of hydrogen-bond donors (Lipinski definition) is 1. The standard InChI is InChI=1S/C7H8O3/c1-4-6(3-8)5(2)10-7(4)9/h8H,2-3H2,1H3. The summed E-state index contributed by atoms with van der Waals surface area (Å²) in [5, 5.41) is 8.67. The Bertz CT molecular complexity index is 225. The summed E-state index contributed by atoms with van der Waals surface area (Å²) in [6, 6.07) is 0. The highest BCUT2D eigenvalue weighted by atomic mass is 16.5. The summed E-state index contributed by atoms with van der Waals surface area (Å²) in [5.74, 6) is -0.140. The van der Waals surface area contributed by atoms with Crippen molar-refractivity contribution < 1.29 is 14.6 Å². The van der Waals surface area contributed by atoms with Crippen LogP contribution in [-0.2, 0) is 9.53 Å². The molecule has 10 heavy (non-hydrogen) atoms. The molecule has 0 aromatic heterocycles. The molecule has 1 aliphatic rings. The van der Waals surface area contributed by atoms with Crippen LogP contribution in [-0.4, -0.2) is 17.7 Å². The van der Waals surface area contributed by atoms with Gasteiger partial charge in [-0.05, 0) is 6.92 Å². The first-order valence-corrected chi connectivity index (χ1v) is 2.89. The van der Waals surface area contributed by atoms with Gasteiger partial charge in [0, 0.05) is 11.1 Å². The van der Waals surface area contributed by atoms with E-state index in [-0.39, 0.29) is 12.4 Å². The molecule has 0 aromatic carbocycles. The van der Waals surface area contributed by atoms with Gasteiger partial charge in [0.2, 0.25) is 0 Å². The molecule has 0 radical (unpaired) electrons. The number of aliphatic hydroxyl groups is 1. The Morgan fingerprint density at radius 1 is 1.70 bits per heavy atom. The normalized spacial score (nSPS) is 18.2. The molecular formula is C7H8O3. The van der Waals surface area contributed by atoms with E-state index in [0.29, 0.717) is 11.1 Å². The van der Waals surface area contributed by atoms with Gasteiger partial charge < -0.3 is 9.84 Å². The third-order valence-electron chi connectivity index (χ3n) is 1.47. The maximum atomic E-state index is 10.7. The summed E-state index contributed by atoms with van der Waals surface area (Å²) in [5.41, 5.74) is 0.956. The van der Waals surface area contributed by atoms with Gasteiger partial charge in [0.05, 0.1) is 6.61 Å². The summed E-state index contributed by atoms with van der Waals surface area (Å²) in [6.45, 7) is 4.87. The van der Waals surface area contributed by atoms with Gasteiger partial charge in [-0.25, -0.2) is 4.79 Å². The van der Waals surface area contributed by atoms with E-state index in [4.69, 9.17) is 5.11 Å². The van der Waals surface area contributed by atoms with Crippen LogP contribution in [0, 0.1) is 0 Å². The van der Waals surface area contributed by atoms with Crippen molar-refractivity contribution in [3.8, 4) is 0 Å². The van der Waals surface area contributed by atoms with Crippen LogP contribution in [0.2, 0.25) is 0 Å². The number of ether oxygens (including phenoxy) is 1. The lowest BCUT2D eigenvalue weighted by Crippen LogP contribution is -1.94. The molecule has 0 saturated heterocycles. The molecule has 1 heterocycles. The summed E-state index contributed by atoms with van der Waals surface area (Å²) in [7, 11) is 0.